The normalized spacial score (nSPS) is 15.9. The number of aryl methyl sites for hydroxylation is 1. The summed E-state index contributed by atoms with van der Waals surface area (Å²) < 4.78 is 22.8. The fourth-order valence-corrected chi connectivity index (χ4v) is 4.38. The van der Waals surface area contributed by atoms with E-state index in [4.69, 9.17) is 18.2 Å². The van der Waals surface area contributed by atoms with Crippen LogP contribution in [-0.4, -0.2) is 93.2 Å². The average Bonchev–Trinajstić information content (AvgIpc) is 3.26. The van der Waals surface area contributed by atoms with Crippen molar-refractivity contribution >= 4 is 23.2 Å². The van der Waals surface area contributed by atoms with E-state index in [-0.39, 0.29) is 17.7 Å². The Morgan fingerprint density at radius 2 is 2.03 bits per heavy atom. The van der Waals surface area contributed by atoms with Crippen molar-refractivity contribution < 1.29 is 12.3 Å². The minimum Gasteiger partial charge on any atom is -0.459 e. The third-order valence-corrected chi connectivity index (χ3v) is 6.15. The number of nitrogens with two attached hydrogens (primary N) is 1. The molecule has 3 aromatic heterocycles. The van der Waals surface area contributed by atoms with Gasteiger partial charge in [-0.3, -0.25) is 4.79 Å². The number of nitrogens with zero attached hydrogens (tertiary/aromatic N) is 8. The molecular formula is C25H37N9O2. The number of carbonyl (C=O) groups excluding carboxylic acids is 1. The molecule has 11 heteroatoms. The highest BCUT2D eigenvalue weighted by molar-refractivity contribution is 5.78. The van der Waals surface area contributed by atoms with Crippen molar-refractivity contribution in [3.05, 3.63) is 35.3 Å². The van der Waals surface area contributed by atoms with E-state index in [0.29, 0.717) is 38.1 Å². The first-order chi connectivity index (χ1) is 18.2. The highest BCUT2D eigenvalue weighted by atomic mass is 16.5. The first-order valence-electron chi connectivity index (χ1n) is 13.5. The lowest BCUT2D eigenvalue weighted by Crippen LogP contribution is -2.51. The van der Waals surface area contributed by atoms with E-state index in [1.165, 1.54) is 0 Å². The van der Waals surface area contributed by atoms with E-state index >= 15 is 0 Å². The smallest absolute Gasteiger partial charge is 0.336 e. The number of piperazine rings is 1. The van der Waals surface area contributed by atoms with Gasteiger partial charge in [0, 0.05) is 41.5 Å². The number of fused-ring (bicyclic) bond motifs is 1. The second-order valence-corrected chi connectivity index (χ2v) is 9.48. The van der Waals surface area contributed by atoms with Gasteiger partial charge in [-0.05, 0) is 45.4 Å². The zero-order valence-electron chi connectivity index (χ0n) is 23.5. The van der Waals surface area contributed by atoms with Crippen molar-refractivity contribution in [1.29, 1.82) is 0 Å². The molecule has 1 atom stereocenters. The number of aromatic nitrogens is 5. The fourth-order valence-electron chi connectivity index (χ4n) is 4.38. The van der Waals surface area contributed by atoms with Crippen molar-refractivity contribution in [2.75, 3.05) is 57.5 Å². The molecule has 194 valence electrons. The molecule has 0 aromatic carbocycles. The summed E-state index contributed by atoms with van der Waals surface area (Å²) in [5.41, 5.74) is 9.39. The standard InChI is InChI=1S/C25H37N9O2/c1-6-7-18(3)36-25-29-22(26)24-28-15-20(34(24)30-25)13-19-12-17(2)23(27-14-19)33-10-8-32(9-11-33)21(35)16-31(4)5/h12,14-15,18H,6-11,13,16H2,1-5H3,(H2,26,29,30)/t18-/m0/s1/i3D2. The van der Waals surface area contributed by atoms with E-state index in [2.05, 4.69) is 26.0 Å². The number of ether oxygens (including phenoxy) is 1. The van der Waals surface area contributed by atoms with Crippen molar-refractivity contribution in [3.8, 4) is 6.01 Å². The lowest BCUT2D eigenvalue weighted by molar-refractivity contribution is -0.132. The van der Waals surface area contributed by atoms with Crippen molar-refractivity contribution in [3.63, 3.8) is 0 Å². The second-order valence-electron chi connectivity index (χ2n) is 9.48. The number of hydrogen-bond donors (Lipinski definition) is 1. The maximum absolute atomic E-state index is 12.4. The molecule has 1 fully saturated rings. The minimum atomic E-state index is -1.16. The van der Waals surface area contributed by atoms with Crippen molar-refractivity contribution in [2.24, 2.45) is 0 Å². The lowest BCUT2D eigenvalue weighted by Gasteiger charge is -2.36. The van der Waals surface area contributed by atoms with E-state index in [9.17, 15) is 4.79 Å². The molecule has 0 unspecified atom stereocenters. The Morgan fingerprint density at radius 1 is 1.25 bits per heavy atom. The Balaban J connectivity index is 1.47. The minimum absolute atomic E-state index is 0.0325. The third kappa shape index (κ3) is 5.84. The summed E-state index contributed by atoms with van der Waals surface area (Å²) in [5.74, 6) is 1.26. The summed E-state index contributed by atoms with van der Waals surface area (Å²) in [6, 6.07) is 2.14. The summed E-state index contributed by atoms with van der Waals surface area (Å²) >= 11 is 0. The summed E-state index contributed by atoms with van der Waals surface area (Å²) in [4.78, 5) is 31.7. The maximum Gasteiger partial charge on any atom is 0.336 e. The molecule has 1 aliphatic rings. The summed E-state index contributed by atoms with van der Waals surface area (Å²) in [5, 5.41) is 4.46. The number of anilines is 2. The molecule has 3 aromatic rings. The molecule has 0 aliphatic carbocycles. The highest BCUT2D eigenvalue weighted by Crippen LogP contribution is 2.22. The number of pyridine rings is 1. The molecule has 0 radical (unpaired) electrons. The monoisotopic (exact) mass is 497 g/mol. The van der Waals surface area contributed by atoms with Crippen molar-refractivity contribution in [2.45, 2.75) is 46.1 Å². The van der Waals surface area contributed by atoms with Gasteiger partial charge in [-0.25, -0.2) is 14.5 Å². The van der Waals surface area contributed by atoms with Gasteiger partial charge in [-0.1, -0.05) is 19.4 Å². The van der Waals surface area contributed by atoms with Crippen molar-refractivity contribution in [1.82, 2.24) is 34.4 Å². The average molecular weight is 498 g/mol. The number of hydrogen-bond acceptors (Lipinski definition) is 9. The molecule has 0 bridgehead atoms. The lowest BCUT2D eigenvalue weighted by atomic mass is 10.1. The zero-order chi connectivity index (χ0) is 27.4. The van der Waals surface area contributed by atoms with Crippen LogP contribution in [0.1, 0.15) is 46.2 Å². The molecule has 1 amide bonds. The number of amides is 1. The zero-order valence-corrected chi connectivity index (χ0v) is 21.5. The Bertz CT molecular complexity index is 1260. The Labute approximate surface area is 215 Å². The SMILES string of the molecule is [2H]C([2H])[C@@H](CCC)Oc1nc(N)c2ncc(Cc3cnc(N4CCN(C(=O)CN(C)C)CC4)c(C)c3)n2n1. The molecule has 4 heterocycles. The van der Waals surface area contributed by atoms with Crippen LogP contribution in [0.3, 0.4) is 0 Å². The van der Waals surface area contributed by atoms with Gasteiger partial charge in [0.2, 0.25) is 5.91 Å². The van der Waals surface area contributed by atoms with Gasteiger partial charge in [-0.2, -0.15) is 4.98 Å². The third-order valence-electron chi connectivity index (χ3n) is 6.15. The van der Waals surface area contributed by atoms with Gasteiger partial charge in [-0.15, -0.1) is 5.10 Å². The number of imidazole rings is 1. The number of likely N-dealkylation sites (N-methyl/N-ethyl adjacent to an activating group) is 1. The van der Waals surface area contributed by atoms with E-state index < -0.39 is 13.0 Å². The van der Waals surface area contributed by atoms with E-state index in [1.54, 1.807) is 10.7 Å². The van der Waals surface area contributed by atoms with Crippen LogP contribution in [0.15, 0.2) is 18.5 Å². The maximum atomic E-state index is 12.4. The highest BCUT2D eigenvalue weighted by Gasteiger charge is 2.23. The first kappa shape index (κ1) is 23.0. The Hall–Kier alpha value is -3.47. The predicted molar refractivity (Wildman–Crippen MR) is 139 cm³/mol. The van der Waals surface area contributed by atoms with Crippen LogP contribution >= 0.6 is 0 Å². The largest absolute Gasteiger partial charge is 0.459 e. The summed E-state index contributed by atoms with van der Waals surface area (Å²) in [7, 11) is 3.81. The topological polar surface area (TPSA) is 118 Å². The number of carbonyl (C=O) groups is 1. The summed E-state index contributed by atoms with van der Waals surface area (Å²) in [6.45, 7) is 6.14. The molecule has 36 heavy (non-hydrogen) atoms. The van der Waals surface area contributed by atoms with Gasteiger partial charge >= 0.3 is 6.01 Å². The first-order valence-corrected chi connectivity index (χ1v) is 12.3. The Kier molecular flexibility index (Phi) is 7.06. The van der Waals surface area contributed by atoms with Crippen LogP contribution in [0.2, 0.25) is 0 Å². The van der Waals surface area contributed by atoms with Crippen LogP contribution < -0.4 is 15.4 Å². The van der Waals surface area contributed by atoms with Crippen LogP contribution in [0.5, 0.6) is 6.01 Å². The molecule has 1 saturated heterocycles. The van der Waals surface area contributed by atoms with Gasteiger partial charge in [0.05, 0.1) is 24.5 Å². The quantitative estimate of drug-likeness (QED) is 0.472. The molecule has 2 N–H and O–H groups in total. The molecule has 0 saturated carbocycles. The second kappa shape index (κ2) is 11.1. The van der Waals surface area contributed by atoms with Crippen LogP contribution in [0.4, 0.5) is 11.6 Å². The Morgan fingerprint density at radius 3 is 2.69 bits per heavy atom. The van der Waals surface area contributed by atoms with Gasteiger partial charge in [0.25, 0.3) is 0 Å². The molecule has 11 nitrogen and oxygen atoms in total. The number of rotatable bonds is 9. The molecule has 1 aliphatic heterocycles. The molecule has 4 rings (SSSR count). The number of nitrogen functional groups attached to an aromatic ring is 1. The fraction of sp³-hybridized carbons (Fsp3) is 0.560. The van der Waals surface area contributed by atoms with Crippen LogP contribution in [0, 0.1) is 6.92 Å². The summed E-state index contributed by atoms with van der Waals surface area (Å²) in [6.07, 6.45) is 4.77. The van der Waals surface area contributed by atoms with E-state index in [1.807, 2.05) is 43.9 Å². The van der Waals surface area contributed by atoms with Gasteiger partial charge in [0.1, 0.15) is 5.82 Å². The van der Waals surface area contributed by atoms with E-state index in [0.717, 1.165) is 42.1 Å². The van der Waals surface area contributed by atoms with Gasteiger partial charge < -0.3 is 25.2 Å². The predicted octanol–water partition coefficient (Wildman–Crippen LogP) is 1.78. The molecule has 0 spiro atoms. The van der Waals surface area contributed by atoms with Gasteiger partial charge in [0.15, 0.2) is 11.5 Å². The van der Waals surface area contributed by atoms with Crippen LogP contribution in [-0.2, 0) is 11.2 Å². The molecular weight excluding hydrogens is 458 g/mol. The van der Waals surface area contributed by atoms with Crippen LogP contribution in [0.25, 0.3) is 5.65 Å².